The highest BCUT2D eigenvalue weighted by molar-refractivity contribution is 7.70. The summed E-state index contributed by atoms with van der Waals surface area (Å²) in [5.41, 5.74) is 1.04. The van der Waals surface area contributed by atoms with Gasteiger partial charge in [0.2, 0.25) is 0 Å². The minimum absolute atomic E-state index is 0.0138. The van der Waals surface area contributed by atoms with Crippen LogP contribution >= 0.6 is 20.7 Å². The summed E-state index contributed by atoms with van der Waals surface area (Å²) in [5.74, 6) is 0.860. The van der Waals surface area contributed by atoms with E-state index in [-0.39, 0.29) is 36.3 Å². The van der Waals surface area contributed by atoms with Crippen LogP contribution in [0.15, 0.2) is 28.4 Å². The minimum Gasteiger partial charge on any atom is -0.497 e. The first-order chi connectivity index (χ1) is 15.0. The lowest BCUT2D eigenvalue weighted by Gasteiger charge is -2.11. The van der Waals surface area contributed by atoms with E-state index in [2.05, 4.69) is 10.6 Å². The maximum Gasteiger partial charge on any atom is 0.319 e. The highest BCUT2D eigenvalue weighted by atomic mass is 32.9. The molecule has 2 heterocycles. The first-order valence-electron chi connectivity index (χ1n) is 9.59. The van der Waals surface area contributed by atoms with Gasteiger partial charge in [0.1, 0.15) is 23.8 Å². The molecular formula is C20H21N3O6S2. The third-order valence-electron chi connectivity index (χ3n) is 4.82. The number of benzene rings is 1. The molecule has 0 bridgehead atoms. The van der Waals surface area contributed by atoms with Crippen molar-refractivity contribution in [3.63, 3.8) is 0 Å². The van der Waals surface area contributed by atoms with Crippen LogP contribution in [0, 0.1) is 5.92 Å². The highest BCUT2D eigenvalue weighted by Gasteiger charge is 2.31. The van der Waals surface area contributed by atoms with Crippen molar-refractivity contribution in [1.29, 1.82) is 0 Å². The third-order valence-corrected chi connectivity index (χ3v) is 6.89. The van der Waals surface area contributed by atoms with Gasteiger partial charge in [0, 0.05) is 11.4 Å². The molecule has 164 valence electrons. The zero-order valence-electron chi connectivity index (χ0n) is 16.9. The van der Waals surface area contributed by atoms with Crippen molar-refractivity contribution < 1.29 is 23.8 Å². The van der Waals surface area contributed by atoms with Gasteiger partial charge in [-0.05, 0) is 25.0 Å². The summed E-state index contributed by atoms with van der Waals surface area (Å²) in [6.45, 7) is 0.245. The maximum atomic E-state index is 13.2. The largest absolute Gasteiger partial charge is 0.497 e. The number of methoxy groups -OCH3 is 2. The number of fused-ring (bicyclic) bond motifs is 1. The first-order valence-corrected chi connectivity index (χ1v) is 11.8. The number of hydrogen-bond donors (Lipinski definition) is 2. The maximum absolute atomic E-state index is 13.2. The van der Waals surface area contributed by atoms with Gasteiger partial charge < -0.3 is 24.8 Å². The molecule has 0 saturated heterocycles. The van der Waals surface area contributed by atoms with E-state index in [0.29, 0.717) is 27.8 Å². The normalized spacial score (nSPS) is 13.1. The van der Waals surface area contributed by atoms with Crippen LogP contribution in [0.4, 0.5) is 10.5 Å². The average Bonchev–Trinajstić information content (AvgIpc) is 3.48. The van der Waals surface area contributed by atoms with E-state index in [1.54, 1.807) is 25.3 Å². The molecule has 1 fully saturated rings. The van der Waals surface area contributed by atoms with Crippen molar-refractivity contribution >= 4 is 38.4 Å². The molecule has 0 atom stereocenters. The molecule has 4 rings (SSSR count). The molecule has 0 spiro atoms. The number of nitrogens with one attached hydrogen (secondary N) is 2. The second-order valence-corrected chi connectivity index (χ2v) is 8.97. The second kappa shape index (κ2) is 8.98. The molecule has 0 unspecified atom stereocenters. The Morgan fingerprint density at radius 3 is 2.74 bits per heavy atom. The molecule has 1 aliphatic carbocycles. The van der Waals surface area contributed by atoms with E-state index < -0.39 is 6.03 Å². The summed E-state index contributed by atoms with van der Waals surface area (Å²) in [6.07, 6.45) is 1.74. The summed E-state index contributed by atoms with van der Waals surface area (Å²) in [4.78, 5) is 37.7. The van der Waals surface area contributed by atoms with Crippen LogP contribution < -0.4 is 25.7 Å². The monoisotopic (exact) mass is 463 g/mol. The summed E-state index contributed by atoms with van der Waals surface area (Å²) in [5, 5.41) is 7.10. The number of hydrogen-bond acceptors (Lipinski definition) is 8. The van der Waals surface area contributed by atoms with Crippen LogP contribution in [0.2, 0.25) is 0 Å². The first kappa shape index (κ1) is 21.2. The van der Waals surface area contributed by atoms with E-state index in [4.69, 9.17) is 14.2 Å². The number of amides is 2. The van der Waals surface area contributed by atoms with E-state index in [9.17, 15) is 14.4 Å². The van der Waals surface area contributed by atoms with Gasteiger partial charge in [0.15, 0.2) is 0 Å². The number of nitrogens with zero attached hydrogens (tertiary/aromatic N) is 1. The van der Waals surface area contributed by atoms with Crippen molar-refractivity contribution in [1.82, 2.24) is 9.88 Å². The van der Waals surface area contributed by atoms with Gasteiger partial charge >= 0.3 is 12.0 Å². The number of ether oxygens (including phenoxy) is 3. The number of urea groups is 1. The molecule has 1 aromatic rings. The van der Waals surface area contributed by atoms with Crippen LogP contribution in [0.1, 0.15) is 12.8 Å². The fraction of sp³-hybridized carbons (Fsp3) is 0.350. The van der Waals surface area contributed by atoms with Crippen molar-refractivity contribution in [2.45, 2.75) is 12.8 Å². The molecule has 1 aromatic carbocycles. The SMILES string of the molecule is COc1ccc(-n2c3cssc-3c(NC(=O)NCCOC(=O)C3CC3)c2=O)c(OC)c1. The Balaban J connectivity index is 1.51. The van der Waals surface area contributed by atoms with Crippen molar-refractivity contribution in [2.75, 3.05) is 32.7 Å². The topological polar surface area (TPSA) is 108 Å². The van der Waals surface area contributed by atoms with E-state index in [1.807, 2.05) is 5.38 Å². The summed E-state index contributed by atoms with van der Waals surface area (Å²) in [7, 11) is 5.92. The number of carbonyl (C=O) groups is 2. The molecular weight excluding hydrogens is 442 g/mol. The van der Waals surface area contributed by atoms with Crippen molar-refractivity contribution in [3.8, 4) is 27.8 Å². The van der Waals surface area contributed by atoms with Crippen LogP contribution in [-0.2, 0) is 9.53 Å². The molecule has 2 amide bonds. The van der Waals surface area contributed by atoms with Gasteiger partial charge in [-0.2, -0.15) is 0 Å². The highest BCUT2D eigenvalue weighted by Crippen LogP contribution is 2.40. The fourth-order valence-electron chi connectivity index (χ4n) is 3.09. The van der Waals surface area contributed by atoms with Crippen LogP contribution in [0.3, 0.4) is 0 Å². The Hall–Kier alpha value is -3.05. The fourth-order valence-corrected chi connectivity index (χ4v) is 5.29. The number of carbonyl (C=O) groups excluding carboxylic acids is 2. The van der Waals surface area contributed by atoms with Crippen LogP contribution in [0.5, 0.6) is 11.5 Å². The molecule has 2 aliphatic heterocycles. The zero-order valence-corrected chi connectivity index (χ0v) is 18.6. The Bertz CT molecular complexity index is 1130. The summed E-state index contributed by atoms with van der Waals surface area (Å²) >= 11 is 0. The van der Waals surface area contributed by atoms with Gasteiger partial charge in [-0.25, -0.2) is 4.79 Å². The number of rotatable bonds is 8. The molecule has 1 saturated carbocycles. The molecule has 31 heavy (non-hydrogen) atoms. The second-order valence-electron chi connectivity index (χ2n) is 6.89. The lowest BCUT2D eigenvalue weighted by atomic mass is 10.2. The third kappa shape index (κ3) is 4.37. The Labute approximate surface area is 185 Å². The van der Waals surface area contributed by atoms with Gasteiger partial charge in [-0.1, -0.05) is 20.7 Å². The van der Waals surface area contributed by atoms with Gasteiger partial charge in [0.05, 0.1) is 42.9 Å². The van der Waals surface area contributed by atoms with Crippen LogP contribution in [-0.4, -0.2) is 43.9 Å². The molecule has 0 radical (unpaired) electrons. The molecule has 9 nitrogen and oxygen atoms in total. The van der Waals surface area contributed by atoms with Crippen molar-refractivity contribution in [2.24, 2.45) is 5.92 Å². The predicted molar refractivity (Wildman–Crippen MR) is 118 cm³/mol. The Morgan fingerprint density at radius 2 is 2.03 bits per heavy atom. The van der Waals surface area contributed by atoms with Gasteiger partial charge in [-0.15, -0.1) is 0 Å². The lowest BCUT2D eigenvalue weighted by molar-refractivity contribution is -0.144. The lowest BCUT2D eigenvalue weighted by Crippen LogP contribution is -2.33. The van der Waals surface area contributed by atoms with E-state index in [0.717, 1.165) is 12.8 Å². The van der Waals surface area contributed by atoms with Gasteiger partial charge in [0.25, 0.3) is 5.56 Å². The van der Waals surface area contributed by atoms with Crippen molar-refractivity contribution in [3.05, 3.63) is 33.9 Å². The molecule has 3 aliphatic rings. The van der Waals surface area contributed by atoms with E-state index in [1.165, 1.54) is 32.4 Å². The van der Waals surface area contributed by atoms with E-state index >= 15 is 0 Å². The number of anilines is 1. The Morgan fingerprint density at radius 1 is 1.23 bits per heavy atom. The smallest absolute Gasteiger partial charge is 0.319 e. The summed E-state index contributed by atoms with van der Waals surface area (Å²) in [6, 6.07) is 4.62. The Kier molecular flexibility index (Phi) is 6.14. The predicted octanol–water partition coefficient (Wildman–Crippen LogP) is 3.16. The standard InChI is InChI=1S/C20H21N3O6S2/c1-27-12-5-6-13(15(9-12)28-2)23-14-10-30-31-17(14)16(18(23)24)22-20(26)21-7-8-29-19(25)11-3-4-11/h5-6,9-11H,3-4,7-8H2,1-2H3,(H2,21,22,26). The summed E-state index contributed by atoms with van der Waals surface area (Å²) < 4.78 is 17.3. The number of aromatic nitrogens is 1. The van der Waals surface area contributed by atoms with Crippen LogP contribution in [0.25, 0.3) is 16.3 Å². The molecule has 2 N–H and O–H groups in total. The van der Waals surface area contributed by atoms with Gasteiger partial charge in [-0.3, -0.25) is 14.2 Å². The number of esters is 1. The quantitative estimate of drug-likeness (QED) is 0.302. The zero-order chi connectivity index (χ0) is 22.0. The average molecular weight is 464 g/mol. The molecule has 11 heteroatoms. The minimum atomic E-state index is -0.543. The molecule has 0 aromatic heterocycles.